The Morgan fingerprint density at radius 2 is 2.18 bits per heavy atom. The van der Waals surface area contributed by atoms with Gasteiger partial charge in [0, 0.05) is 34.2 Å². The van der Waals surface area contributed by atoms with Gasteiger partial charge in [-0.15, -0.1) is 0 Å². The molecule has 1 aromatic carbocycles. The van der Waals surface area contributed by atoms with Crippen LogP contribution in [0.4, 0.5) is 0 Å². The Morgan fingerprint density at radius 3 is 2.82 bits per heavy atom. The minimum Gasteiger partial charge on any atom is -0.347 e. The minimum absolute atomic E-state index is 0.498. The maximum atomic E-state index is 3.67. The van der Waals surface area contributed by atoms with Gasteiger partial charge in [-0.2, -0.15) is 0 Å². The van der Waals surface area contributed by atoms with Crippen molar-refractivity contribution in [3.05, 3.63) is 34.4 Å². The van der Waals surface area contributed by atoms with Crippen molar-refractivity contribution in [1.82, 2.24) is 9.88 Å². The third kappa shape index (κ3) is 2.40. The molecule has 0 saturated carbocycles. The molecule has 1 unspecified atom stereocenters. The molecule has 0 fully saturated rings. The molecule has 2 nitrogen and oxygen atoms in total. The number of aryl methyl sites for hydroxylation is 1. The molecule has 0 aliphatic rings. The smallest absolute Gasteiger partial charge is 0.0494 e. The summed E-state index contributed by atoms with van der Waals surface area (Å²) >= 11 is 3.67. The van der Waals surface area contributed by atoms with Crippen molar-refractivity contribution >= 4 is 26.8 Å². The standard InChI is InChI=1S/C14H19BrN2/c1-4-17-9-11(8-10(2)16-3)14-12(15)6-5-7-13(14)17/h5-7,9-10,16H,4,8H2,1-3H3. The minimum atomic E-state index is 0.498. The molecule has 1 heterocycles. The molecule has 0 radical (unpaired) electrons. The van der Waals surface area contributed by atoms with E-state index >= 15 is 0 Å². The second kappa shape index (κ2) is 5.23. The summed E-state index contributed by atoms with van der Waals surface area (Å²) in [6, 6.07) is 6.91. The fourth-order valence-electron chi connectivity index (χ4n) is 2.24. The Bertz CT molecular complexity index is 516. The highest BCUT2D eigenvalue weighted by Crippen LogP contribution is 2.29. The van der Waals surface area contributed by atoms with Gasteiger partial charge in [-0.05, 0) is 45.0 Å². The maximum absolute atomic E-state index is 3.67. The molecule has 17 heavy (non-hydrogen) atoms. The molecule has 0 aliphatic heterocycles. The molecule has 0 saturated heterocycles. The van der Waals surface area contributed by atoms with Crippen molar-refractivity contribution in [3.8, 4) is 0 Å². The van der Waals surface area contributed by atoms with Crippen molar-refractivity contribution in [3.63, 3.8) is 0 Å². The van der Waals surface area contributed by atoms with Crippen molar-refractivity contribution in [2.24, 2.45) is 0 Å². The number of nitrogens with zero attached hydrogens (tertiary/aromatic N) is 1. The van der Waals surface area contributed by atoms with Gasteiger partial charge in [0.1, 0.15) is 0 Å². The molecular weight excluding hydrogens is 276 g/mol. The Labute approximate surface area is 111 Å². The van der Waals surface area contributed by atoms with E-state index in [1.807, 2.05) is 7.05 Å². The first-order valence-electron chi connectivity index (χ1n) is 6.10. The molecule has 0 aliphatic carbocycles. The summed E-state index contributed by atoms with van der Waals surface area (Å²) in [7, 11) is 2.01. The van der Waals surface area contributed by atoms with Crippen LogP contribution < -0.4 is 5.32 Å². The van der Waals surface area contributed by atoms with Crippen molar-refractivity contribution in [2.75, 3.05) is 7.05 Å². The van der Waals surface area contributed by atoms with Crippen LogP contribution in [0.3, 0.4) is 0 Å². The number of benzene rings is 1. The average molecular weight is 295 g/mol. The fourth-order valence-corrected chi connectivity index (χ4v) is 2.85. The Hall–Kier alpha value is -0.800. The zero-order chi connectivity index (χ0) is 12.4. The van der Waals surface area contributed by atoms with Crippen molar-refractivity contribution in [1.29, 1.82) is 0 Å². The Morgan fingerprint density at radius 1 is 1.41 bits per heavy atom. The van der Waals surface area contributed by atoms with Crippen LogP contribution in [0.2, 0.25) is 0 Å². The van der Waals surface area contributed by atoms with Crippen LogP contribution in [0.15, 0.2) is 28.9 Å². The largest absolute Gasteiger partial charge is 0.347 e. The summed E-state index contributed by atoms with van der Waals surface area (Å²) in [6.07, 6.45) is 3.34. The highest BCUT2D eigenvalue weighted by atomic mass is 79.9. The lowest BCUT2D eigenvalue weighted by Gasteiger charge is -2.09. The monoisotopic (exact) mass is 294 g/mol. The summed E-state index contributed by atoms with van der Waals surface area (Å²) in [4.78, 5) is 0. The average Bonchev–Trinajstić information content (AvgIpc) is 2.68. The van der Waals surface area contributed by atoms with Gasteiger partial charge in [0.15, 0.2) is 0 Å². The highest BCUT2D eigenvalue weighted by Gasteiger charge is 2.12. The second-order valence-corrected chi connectivity index (χ2v) is 5.32. The van der Waals surface area contributed by atoms with Gasteiger partial charge in [0.25, 0.3) is 0 Å². The third-order valence-corrected chi connectivity index (χ3v) is 3.95. The number of hydrogen-bond acceptors (Lipinski definition) is 1. The lowest BCUT2D eigenvalue weighted by molar-refractivity contribution is 0.609. The molecule has 2 rings (SSSR count). The van der Waals surface area contributed by atoms with Crippen LogP contribution in [0.5, 0.6) is 0 Å². The molecule has 1 N–H and O–H groups in total. The van der Waals surface area contributed by atoms with Crippen LogP contribution in [0.25, 0.3) is 10.9 Å². The molecule has 92 valence electrons. The molecule has 3 heteroatoms. The maximum Gasteiger partial charge on any atom is 0.0494 e. The van der Waals surface area contributed by atoms with Crippen LogP contribution in [-0.2, 0) is 13.0 Å². The number of rotatable bonds is 4. The first-order valence-corrected chi connectivity index (χ1v) is 6.90. The van der Waals surface area contributed by atoms with Crippen LogP contribution in [0.1, 0.15) is 19.4 Å². The first kappa shape index (κ1) is 12.7. The molecule has 0 spiro atoms. The SMILES string of the molecule is CCn1cc(CC(C)NC)c2c(Br)cccc21. The molecule has 0 bridgehead atoms. The van der Waals surface area contributed by atoms with E-state index in [0.29, 0.717) is 6.04 Å². The van der Waals surface area contributed by atoms with Gasteiger partial charge in [-0.25, -0.2) is 0 Å². The van der Waals surface area contributed by atoms with Crippen LogP contribution >= 0.6 is 15.9 Å². The normalized spacial score (nSPS) is 13.2. The zero-order valence-electron chi connectivity index (χ0n) is 10.6. The number of likely N-dealkylation sites (N-methyl/N-ethyl adjacent to an activating group) is 1. The molecule has 1 aromatic heterocycles. The Kier molecular flexibility index (Phi) is 3.89. The van der Waals surface area contributed by atoms with E-state index in [9.17, 15) is 0 Å². The van der Waals surface area contributed by atoms with E-state index in [4.69, 9.17) is 0 Å². The predicted octanol–water partition coefficient (Wildman–Crippen LogP) is 3.57. The van der Waals surface area contributed by atoms with E-state index in [1.165, 1.54) is 20.9 Å². The second-order valence-electron chi connectivity index (χ2n) is 4.47. The number of aromatic nitrogens is 1. The van der Waals surface area contributed by atoms with Gasteiger partial charge < -0.3 is 9.88 Å². The van der Waals surface area contributed by atoms with Gasteiger partial charge in [0.05, 0.1) is 0 Å². The molecule has 1 atom stereocenters. The quantitative estimate of drug-likeness (QED) is 0.912. The van der Waals surface area contributed by atoms with Gasteiger partial charge in [-0.1, -0.05) is 22.0 Å². The number of nitrogens with one attached hydrogen (secondary N) is 1. The zero-order valence-corrected chi connectivity index (χ0v) is 12.2. The number of hydrogen-bond donors (Lipinski definition) is 1. The molecule has 2 aromatic rings. The van der Waals surface area contributed by atoms with Gasteiger partial charge >= 0.3 is 0 Å². The van der Waals surface area contributed by atoms with Crippen molar-refractivity contribution < 1.29 is 0 Å². The summed E-state index contributed by atoms with van der Waals surface area (Å²) < 4.78 is 3.51. The van der Waals surface area contributed by atoms with Gasteiger partial charge in [-0.3, -0.25) is 0 Å². The van der Waals surface area contributed by atoms with E-state index in [-0.39, 0.29) is 0 Å². The van der Waals surface area contributed by atoms with E-state index in [1.54, 1.807) is 0 Å². The number of fused-ring (bicyclic) bond motifs is 1. The van der Waals surface area contributed by atoms with E-state index < -0.39 is 0 Å². The molecule has 0 amide bonds. The predicted molar refractivity (Wildman–Crippen MR) is 77.5 cm³/mol. The Balaban J connectivity index is 2.55. The summed E-state index contributed by atoms with van der Waals surface area (Å²) in [5.74, 6) is 0. The van der Waals surface area contributed by atoms with Crippen molar-refractivity contribution in [2.45, 2.75) is 32.9 Å². The summed E-state index contributed by atoms with van der Waals surface area (Å²) in [5.41, 5.74) is 2.73. The molecular formula is C14H19BrN2. The lowest BCUT2D eigenvalue weighted by atomic mass is 10.1. The van der Waals surface area contributed by atoms with Crippen LogP contribution in [-0.4, -0.2) is 17.7 Å². The van der Waals surface area contributed by atoms with E-state index in [2.05, 4.69) is 64.1 Å². The number of halogens is 1. The fraction of sp³-hybridized carbons (Fsp3) is 0.429. The topological polar surface area (TPSA) is 17.0 Å². The summed E-state index contributed by atoms with van der Waals surface area (Å²) in [5, 5.41) is 4.66. The third-order valence-electron chi connectivity index (χ3n) is 3.29. The highest BCUT2D eigenvalue weighted by molar-refractivity contribution is 9.10. The lowest BCUT2D eigenvalue weighted by Crippen LogP contribution is -2.23. The van der Waals surface area contributed by atoms with Crippen LogP contribution in [0, 0.1) is 0 Å². The summed E-state index contributed by atoms with van der Waals surface area (Å²) in [6.45, 7) is 5.42. The van der Waals surface area contributed by atoms with Gasteiger partial charge in [0.2, 0.25) is 0 Å². The first-order chi connectivity index (χ1) is 8.17. The van der Waals surface area contributed by atoms with E-state index in [0.717, 1.165) is 13.0 Å².